The van der Waals surface area contributed by atoms with Gasteiger partial charge in [-0.05, 0) is 74.9 Å². The Labute approximate surface area is 140 Å². The van der Waals surface area contributed by atoms with E-state index < -0.39 is 0 Å². The largest absolute Gasteiger partial charge is 0.290 e. The molecule has 0 aliphatic carbocycles. The van der Waals surface area contributed by atoms with Gasteiger partial charge in [0, 0.05) is 13.1 Å². The Hall–Kier alpha value is -1.64. The molecule has 0 spiro atoms. The summed E-state index contributed by atoms with van der Waals surface area (Å²) in [7, 11) is 0. The predicted octanol–water partition coefficient (Wildman–Crippen LogP) is 3.93. The monoisotopic (exact) mass is 308 g/mol. The second-order valence-corrected chi connectivity index (χ2v) is 7.15. The van der Waals surface area contributed by atoms with Gasteiger partial charge in [-0.1, -0.05) is 35.4 Å². The first-order valence-electron chi connectivity index (χ1n) is 8.52. The van der Waals surface area contributed by atoms with Crippen LogP contribution < -0.4 is 10.6 Å². The Balaban J connectivity index is 2.32. The van der Waals surface area contributed by atoms with E-state index in [1.54, 1.807) is 0 Å². The minimum Gasteiger partial charge on any atom is -0.290 e. The van der Waals surface area contributed by atoms with Crippen molar-refractivity contribution in [3.63, 3.8) is 0 Å². The second kappa shape index (κ2) is 5.77. The fourth-order valence-corrected chi connectivity index (χ4v) is 4.58. The fourth-order valence-electron chi connectivity index (χ4n) is 4.58. The molecular weight excluding hydrogens is 280 g/mol. The van der Waals surface area contributed by atoms with Crippen molar-refractivity contribution in [3.05, 3.63) is 68.8 Å². The molecule has 1 heterocycles. The van der Waals surface area contributed by atoms with Crippen LogP contribution in [0.4, 0.5) is 0 Å². The topological polar surface area (TPSA) is 24.1 Å². The maximum absolute atomic E-state index is 3.79. The molecule has 0 unspecified atom stereocenters. The third-order valence-corrected chi connectivity index (χ3v) is 5.01. The zero-order chi connectivity index (χ0) is 16.8. The van der Waals surface area contributed by atoms with Crippen LogP contribution in [0.25, 0.3) is 0 Å². The van der Waals surface area contributed by atoms with Crippen LogP contribution in [-0.4, -0.2) is 13.1 Å². The summed E-state index contributed by atoms with van der Waals surface area (Å²) in [5.74, 6) is 0. The van der Waals surface area contributed by atoms with Crippen molar-refractivity contribution in [2.75, 3.05) is 13.1 Å². The highest BCUT2D eigenvalue weighted by molar-refractivity contribution is 5.53. The van der Waals surface area contributed by atoms with E-state index in [0.717, 1.165) is 13.1 Å². The number of rotatable bonds is 2. The summed E-state index contributed by atoms with van der Waals surface area (Å²) in [6.07, 6.45) is 0. The molecular formula is C21H28N2. The smallest absolute Gasteiger partial charge is 0.122 e. The number of hydrogen-bond donors (Lipinski definition) is 2. The first-order valence-corrected chi connectivity index (χ1v) is 8.52. The van der Waals surface area contributed by atoms with Crippen molar-refractivity contribution in [2.45, 2.75) is 47.2 Å². The third kappa shape index (κ3) is 2.60. The van der Waals surface area contributed by atoms with Gasteiger partial charge < -0.3 is 0 Å². The number of hydrogen-bond acceptors (Lipinski definition) is 2. The number of benzene rings is 2. The molecule has 0 radical (unpaired) electrons. The van der Waals surface area contributed by atoms with Gasteiger partial charge in [0.15, 0.2) is 0 Å². The molecule has 2 aromatic carbocycles. The van der Waals surface area contributed by atoms with E-state index in [0.29, 0.717) is 0 Å². The van der Waals surface area contributed by atoms with Crippen LogP contribution >= 0.6 is 0 Å². The van der Waals surface area contributed by atoms with E-state index in [4.69, 9.17) is 0 Å². The third-order valence-electron chi connectivity index (χ3n) is 5.01. The van der Waals surface area contributed by atoms with Crippen molar-refractivity contribution in [3.8, 4) is 0 Å². The summed E-state index contributed by atoms with van der Waals surface area (Å²) < 4.78 is 0. The lowest BCUT2D eigenvalue weighted by molar-refractivity contribution is 0.415. The van der Waals surface area contributed by atoms with Gasteiger partial charge in [0.25, 0.3) is 0 Å². The Kier molecular flexibility index (Phi) is 4.07. The highest BCUT2D eigenvalue weighted by atomic mass is 15.3. The highest BCUT2D eigenvalue weighted by Crippen LogP contribution is 2.38. The van der Waals surface area contributed by atoms with E-state index in [-0.39, 0.29) is 5.66 Å². The van der Waals surface area contributed by atoms with Crippen molar-refractivity contribution < 1.29 is 0 Å². The van der Waals surface area contributed by atoms with Crippen molar-refractivity contribution in [1.82, 2.24) is 10.6 Å². The fraction of sp³-hybridized carbons (Fsp3) is 0.429. The molecule has 122 valence electrons. The molecule has 2 N–H and O–H groups in total. The van der Waals surface area contributed by atoms with Gasteiger partial charge in [0.05, 0.1) is 0 Å². The molecule has 0 saturated carbocycles. The number of nitrogens with one attached hydrogen (secondary N) is 2. The van der Waals surface area contributed by atoms with Gasteiger partial charge >= 0.3 is 0 Å². The lowest BCUT2D eigenvalue weighted by atomic mass is 9.80. The van der Waals surface area contributed by atoms with Gasteiger partial charge in [-0.15, -0.1) is 0 Å². The van der Waals surface area contributed by atoms with Gasteiger partial charge in [0.1, 0.15) is 5.66 Å². The molecule has 2 nitrogen and oxygen atoms in total. The maximum Gasteiger partial charge on any atom is 0.122 e. The molecule has 3 rings (SSSR count). The van der Waals surface area contributed by atoms with Crippen molar-refractivity contribution >= 4 is 0 Å². The van der Waals surface area contributed by atoms with E-state index >= 15 is 0 Å². The lowest BCUT2D eigenvalue weighted by Gasteiger charge is -2.37. The van der Waals surface area contributed by atoms with Crippen molar-refractivity contribution in [1.29, 1.82) is 0 Å². The standard InChI is InChI=1S/C21H28N2/c1-13-9-15(3)19(16(4)10-13)21(22-7-8-23-21)20-17(5)11-14(2)12-18(20)6/h9-12,22-23H,7-8H2,1-6H3. The van der Waals surface area contributed by atoms with E-state index in [9.17, 15) is 0 Å². The Morgan fingerprint density at radius 2 is 0.913 bits per heavy atom. The summed E-state index contributed by atoms with van der Waals surface area (Å²) in [5, 5.41) is 7.59. The molecule has 0 atom stereocenters. The van der Waals surface area contributed by atoms with Crippen LogP contribution in [0, 0.1) is 41.5 Å². The molecule has 0 amide bonds. The quantitative estimate of drug-likeness (QED) is 0.878. The molecule has 23 heavy (non-hydrogen) atoms. The zero-order valence-electron chi connectivity index (χ0n) is 15.2. The van der Waals surface area contributed by atoms with Gasteiger partial charge in [-0.3, -0.25) is 10.6 Å². The molecule has 0 bridgehead atoms. The second-order valence-electron chi connectivity index (χ2n) is 7.15. The Bertz CT molecular complexity index is 647. The minimum atomic E-state index is -0.274. The summed E-state index contributed by atoms with van der Waals surface area (Å²) in [4.78, 5) is 0. The first kappa shape index (κ1) is 16.2. The average molecular weight is 308 g/mol. The molecule has 2 heteroatoms. The average Bonchev–Trinajstić information content (AvgIpc) is 2.85. The molecule has 0 aromatic heterocycles. The number of aryl methyl sites for hydroxylation is 6. The molecule has 2 aromatic rings. The van der Waals surface area contributed by atoms with Crippen molar-refractivity contribution in [2.24, 2.45) is 0 Å². The summed E-state index contributed by atoms with van der Waals surface area (Å²) in [6.45, 7) is 15.3. The van der Waals surface area contributed by atoms with E-state index in [1.165, 1.54) is 44.5 Å². The predicted molar refractivity (Wildman–Crippen MR) is 98.1 cm³/mol. The van der Waals surface area contributed by atoms with Gasteiger partial charge in [-0.2, -0.15) is 0 Å². The van der Waals surface area contributed by atoms with E-state index in [2.05, 4.69) is 76.4 Å². The van der Waals surface area contributed by atoms with Crippen LogP contribution in [0.3, 0.4) is 0 Å². The summed E-state index contributed by atoms with van der Waals surface area (Å²) in [6, 6.07) is 9.18. The van der Waals surface area contributed by atoms with Crippen LogP contribution in [0.2, 0.25) is 0 Å². The molecule has 1 saturated heterocycles. The lowest BCUT2D eigenvalue weighted by Crippen LogP contribution is -2.49. The summed E-state index contributed by atoms with van der Waals surface area (Å²) >= 11 is 0. The highest BCUT2D eigenvalue weighted by Gasteiger charge is 2.41. The van der Waals surface area contributed by atoms with E-state index in [1.807, 2.05) is 0 Å². The van der Waals surface area contributed by atoms with Crippen LogP contribution in [0.15, 0.2) is 24.3 Å². The normalized spacial score (nSPS) is 16.8. The summed E-state index contributed by atoms with van der Waals surface area (Å²) in [5.41, 5.74) is 10.6. The minimum absolute atomic E-state index is 0.274. The first-order chi connectivity index (χ1) is 10.8. The molecule has 1 fully saturated rings. The maximum atomic E-state index is 3.79. The Morgan fingerprint density at radius 1 is 0.609 bits per heavy atom. The van der Waals surface area contributed by atoms with Crippen LogP contribution in [0.1, 0.15) is 44.5 Å². The zero-order valence-corrected chi connectivity index (χ0v) is 15.2. The van der Waals surface area contributed by atoms with Crippen LogP contribution in [-0.2, 0) is 5.66 Å². The molecule has 1 aliphatic rings. The van der Waals surface area contributed by atoms with Gasteiger partial charge in [-0.25, -0.2) is 0 Å². The van der Waals surface area contributed by atoms with Gasteiger partial charge in [0.2, 0.25) is 0 Å². The SMILES string of the molecule is Cc1cc(C)c(C2(c3c(C)cc(C)cc3C)NCCN2)c(C)c1. The molecule has 1 aliphatic heterocycles. The van der Waals surface area contributed by atoms with Crippen LogP contribution in [0.5, 0.6) is 0 Å². The Morgan fingerprint density at radius 3 is 1.22 bits per heavy atom.